The molecule has 0 bridgehead atoms. The van der Waals surface area contributed by atoms with E-state index >= 15 is 0 Å². The van der Waals surface area contributed by atoms with E-state index in [9.17, 15) is 4.79 Å². The van der Waals surface area contributed by atoms with Crippen LogP contribution in [0.5, 0.6) is 0 Å². The number of nitrogens with one attached hydrogen (secondary N) is 1. The van der Waals surface area contributed by atoms with Crippen molar-refractivity contribution >= 4 is 17.5 Å². The van der Waals surface area contributed by atoms with Crippen LogP contribution in [0.2, 0.25) is 5.15 Å². The molecule has 0 spiro atoms. The van der Waals surface area contributed by atoms with E-state index in [1.807, 2.05) is 0 Å². The lowest BCUT2D eigenvalue weighted by atomic mass is 10.0. The third kappa shape index (κ3) is 2.98. The van der Waals surface area contributed by atoms with E-state index in [-0.39, 0.29) is 5.91 Å². The van der Waals surface area contributed by atoms with Crippen LogP contribution < -0.4 is 5.32 Å². The standard InChI is InChI=1S/C12H15ClN2O3/c1-17-12(5-6-18-8-12)7-14-11(16)9-3-2-4-10(13)15-9/h2-4H,5-8H2,1H3,(H,14,16). The van der Waals surface area contributed by atoms with Crippen LogP contribution in [0.4, 0.5) is 0 Å². The third-order valence-electron chi connectivity index (χ3n) is 3.02. The molecule has 2 heterocycles. The van der Waals surface area contributed by atoms with Gasteiger partial charge in [0.2, 0.25) is 0 Å². The normalized spacial score (nSPS) is 23.0. The first-order valence-corrected chi connectivity index (χ1v) is 6.07. The zero-order valence-corrected chi connectivity index (χ0v) is 10.9. The van der Waals surface area contributed by atoms with Gasteiger partial charge in [-0.2, -0.15) is 0 Å². The summed E-state index contributed by atoms with van der Waals surface area (Å²) in [6.45, 7) is 1.54. The van der Waals surface area contributed by atoms with Crippen molar-refractivity contribution in [2.24, 2.45) is 0 Å². The van der Waals surface area contributed by atoms with Gasteiger partial charge in [-0.05, 0) is 12.1 Å². The Labute approximate surface area is 110 Å². The van der Waals surface area contributed by atoms with Gasteiger partial charge in [-0.3, -0.25) is 4.79 Å². The minimum absolute atomic E-state index is 0.263. The van der Waals surface area contributed by atoms with Crippen molar-refractivity contribution in [1.82, 2.24) is 10.3 Å². The summed E-state index contributed by atoms with van der Waals surface area (Å²) in [5, 5.41) is 3.09. The summed E-state index contributed by atoms with van der Waals surface area (Å²) in [6.07, 6.45) is 0.771. The fourth-order valence-corrected chi connectivity index (χ4v) is 1.99. The predicted octanol–water partition coefficient (Wildman–Crippen LogP) is 1.27. The number of carbonyl (C=O) groups is 1. The first-order chi connectivity index (χ1) is 8.65. The van der Waals surface area contributed by atoms with Crippen molar-refractivity contribution in [3.63, 3.8) is 0 Å². The van der Waals surface area contributed by atoms with Crippen LogP contribution in [0.15, 0.2) is 18.2 Å². The highest BCUT2D eigenvalue weighted by Crippen LogP contribution is 2.21. The van der Waals surface area contributed by atoms with E-state index in [0.717, 1.165) is 6.42 Å². The molecule has 1 amide bonds. The average molecular weight is 271 g/mol. The summed E-state index contributed by atoms with van der Waals surface area (Å²) in [5.41, 5.74) is -0.124. The summed E-state index contributed by atoms with van der Waals surface area (Å²) < 4.78 is 10.7. The van der Waals surface area contributed by atoms with E-state index in [1.54, 1.807) is 25.3 Å². The van der Waals surface area contributed by atoms with Crippen LogP contribution in [0.1, 0.15) is 16.9 Å². The Bertz CT molecular complexity index is 433. The van der Waals surface area contributed by atoms with Crippen LogP contribution in [-0.2, 0) is 9.47 Å². The van der Waals surface area contributed by atoms with Gasteiger partial charge in [0.1, 0.15) is 16.4 Å². The highest BCUT2D eigenvalue weighted by Gasteiger charge is 2.35. The Morgan fingerprint density at radius 3 is 3.11 bits per heavy atom. The van der Waals surface area contributed by atoms with Gasteiger partial charge < -0.3 is 14.8 Å². The molecular weight excluding hydrogens is 256 g/mol. The SMILES string of the molecule is COC1(CNC(=O)c2cccc(Cl)n2)CCOC1. The van der Waals surface area contributed by atoms with Crippen molar-refractivity contribution in [2.75, 3.05) is 26.9 Å². The van der Waals surface area contributed by atoms with Gasteiger partial charge in [0, 0.05) is 26.7 Å². The number of ether oxygens (including phenoxy) is 2. The number of pyridine rings is 1. The van der Waals surface area contributed by atoms with E-state index < -0.39 is 5.60 Å². The van der Waals surface area contributed by atoms with Crippen molar-refractivity contribution in [2.45, 2.75) is 12.0 Å². The molecule has 98 valence electrons. The summed E-state index contributed by atoms with van der Waals surface area (Å²) in [5.74, 6) is -0.263. The molecule has 6 heteroatoms. The summed E-state index contributed by atoms with van der Waals surface area (Å²) in [6, 6.07) is 4.93. The van der Waals surface area contributed by atoms with Crippen molar-refractivity contribution in [3.05, 3.63) is 29.0 Å². The van der Waals surface area contributed by atoms with Crippen molar-refractivity contribution in [1.29, 1.82) is 0 Å². The minimum Gasteiger partial charge on any atom is -0.378 e. The first-order valence-electron chi connectivity index (χ1n) is 5.69. The second-order valence-electron chi connectivity index (χ2n) is 4.22. The number of methoxy groups -OCH3 is 1. The van der Waals surface area contributed by atoms with Crippen molar-refractivity contribution < 1.29 is 14.3 Å². The molecule has 1 atom stereocenters. The van der Waals surface area contributed by atoms with Crippen LogP contribution in [-0.4, -0.2) is 43.4 Å². The summed E-state index contributed by atoms with van der Waals surface area (Å²) >= 11 is 5.74. The number of halogens is 1. The molecule has 5 nitrogen and oxygen atoms in total. The average Bonchev–Trinajstić information content (AvgIpc) is 2.85. The highest BCUT2D eigenvalue weighted by atomic mass is 35.5. The largest absolute Gasteiger partial charge is 0.378 e. The molecule has 0 aliphatic carbocycles. The maximum atomic E-state index is 11.9. The number of aromatic nitrogens is 1. The first kappa shape index (κ1) is 13.3. The minimum atomic E-state index is -0.422. The molecule has 1 aromatic heterocycles. The van der Waals surface area contributed by atoms with Crippen LogP contribution in [0.25, 0.3) is 0 Å². The fourth-order valence-electron chi connectivity index (χ4n) is 1.83. The number of rotatable bonds is 4. The number of nitrogens with zero attached hydrogens (tertiary/aromatic N) is 1. The quantitative estimate of drug-likeness (QED) is 0.837. The molecule has 1 unspecified atom stereocenters. The van der Waals surface area contributed by atoms with Gasteiger partial charge in [-0.15, -0.1) is 0 Å². The van der Waals surface area contributed by atoms with Gasteiger partial charge in [0.15, 0.2) is 0 Å². The molecule has 1 aliphatic rings. The maximum absolute atomic E-state index is 11.9. The fraction of sp³-hybridized carbons (Fsp3) is 0.500. The third-order valence-corrected chi connectivity index (χ3v) is 3.23. The number of hydrogen-bond acceptors (Lipinski definition) is 4. The van der Waals surface area contributed by atoms with E-state index in [2.05, 4.69) is 10.3 Å². The summed E-state index contributed by atoms with van der Waals surface area (Å²) in [7, 11) is 1.62. The molecule has 1 aromatic rings. The van der Waals surface area contributed by atoms with E-state index in [4.69, 9.17) is 21.1 Å². The van der Waals surface area contributed by atoms with Crippen molar-refractivity contribution in [3.8, 4) is 0 Å². The molecule has 0 saturated carbocycles. The molecule has 1 N–H and O–H groups in total. The molecule has 0 radical (unpaired) electrons. The zero-order chi connectivity index (χ0) is 13.0. The Kier molecular flexibility index (Phi) is 4.16. The van der Waals surface area contributed by atoms with E-state index in [1.165, 1.54) is 0 Å². The van der Waals surface area contributed by atoms with Crippen LogP contribution in [0.3, 0.4) is 0 Å². The lowest BCUT2D eigenvalue weighted by Gasteiger charge is -2.25. The molecule has 0 aromatic carbocycles. The second-order valence-corrected chi connectivity index (χ2v) is 4.61. The van der Waals surface area contributed by atoms with Gasteiger partial charge in [-0.25, -0.2) is 4.98 Å². The molecule has 18 heavy (non-hydrogen) atoms. The van der Waals surface area contributed by atoms with Crippen LogP contribution >= 0.6 is 11.6 Å². The Morgan fingerprint density at radius 1 is 1.67 bits per heavy atom. The molecule has 1 saturated heterocycles. The van der Waals surface area contributed by atoms with Crippen LogP contribution in [0, 0.1) is 0 Å². The molecule has 1 fully saturated rings. The maximum Gasteiger partial charge on any atom is 0.270 e. The smallest absolute Gasteiger partial charge is 0.270 e. The van der Waals surface area contributed by atoms with Gasteiger partial charge in [-0.1, -0.05) is 17.7 Å². The predicted molar refractivity (Wildman–Crippen MR) is 66.8 cm³/mol. The number of hydrogen-bond donors (Lipinski definition) is 1. The topological polar surface area (TPSA) is 60.5 Å². The number of amides is 1. The molecular formula is C12H15ClN2O3. The highest BCUT2D eigenvalue weighted by molar-refractivity contribution is 6.29. The molecule has 2 rings (SSSR count). The lowest BCUT2D eigenvalue weighted by Crippen LogP contribution is -2.45. The Morgan fingerprint density at radius 2 is 2.50 bits per heavy atom. The summed E-state index contributed by atoms with van der Waals surface area (Å²) in [4.78, 5) is 15.8. The zero-order valence-electron chi connectivity index (χ0n) is 10.1. The van der Waals surface area contributed by atoms with Gasteiger partial charge >= 0.3 is 0 Å². The second kappa shape index (κ2) is 5.65. The number of carbonyl (C=O) groups excluding carboxylic acids is 1. The van der Waals surface area contributed by atoms with E-state index in [0.29, 0.717) is 30.6 Å². The monoisotopic (exact) mass is 270 g/mol. The molecule has 1 aliphatic heterocycles. The Balaban J connectivity index is 1.96. The van der Waals surface area contributed by atoms with Gasteiger partial charge in [0.25, 0.3) is 5.91 Å². The Hall–Kier alpha value is -1.17. The lowest BCUT2D eigenvalue weighted by molar-refractivity contribution is -0.0149. The van der Waals surface area contributed by atoms with Gasteiger partial charge in [0.05, 0.1) is 6.61 Å².